The van der Waals surface area contributed by atoms with Crippen LogP contribution in [0.5, 0.6) is 11.5 Å². The smallest absolute Gasteiger partial charge is 0.291 e. The van der Waals surface area contributed by atoms with Gasteiger partial charge in [-0.05, 0) is 25.1 Å². The largest absolute Gasteiger partial charge is 0.497 e. The lowest BCUT2D eigenvalue weighted by Gasteiger charge is -2.09. The summed E-state index contributed by atoms with van der Waals surface area (Å²) in [5.74, 6) is 1.06. The third kappa shape index (κ3) is 3.03. The van der Waals surface area contributed by atoms with Crippen LogP contribution in [0.3, 0.4) is 0 Å². The molecule has 5 nitrogen and oxygen atoms in total. The Labute approximate surface area is 144 Å². The number of benzene rings is 2. The van der Waals surface area contributed by atoms with Crippen molar-refractivity contribution in [3.63, 3.8) is 0 Å². The second kappa shape index (κ2) is 6.45. The van der Waals surface area contributed by atoms with Gasteiger partial charge in [0.15, 0.2) is 5.76 Å². The second-order valence-corrected chi connectivity index (χ2v) is 5.69. The lowest BCUT2D eigenvalue weighted by atomic mass is 10.1. The topological polar surface area (TPSA) is 60.7 Å². The molecule has 0 fully saturated rings. The molecule has 0 unspecified atom stereocenters. The van der Waals surface area contributed by atoms with E-state index in [0.717, 1.165) is 10.9 Å². The number of hydrogen-bond acceptors (Lipinski definition) is 4. The normalized spacial score (nSPS) is 10.7. The van der Waals surface area contributed by atoms with Crippen LogP contribution < -0.4 is 14.8 Å². The number of amides is 1. The van der Waals surface area contributed by atoms with E-state index in [9.17, 15) is 4.79 Å². The van der Waals surface area contributed by atoms with Crippen LogP contribution in [0.25, 0.3) is 11.0 Å². The van der Waals surface area contributed by atoms with Gasteiger partial charge in [0, 0.05) is 39.9 Å². The Hall–Kier alpha value is -2.66. The van der Waals surface area contributed by atoms with Crippen molar-refractivity contribution in [2.45, 2.75) is 6.92 Å². The number of carbonyl (C=O) groups excluding carboxylic acids is 1. The van der Waals surface area contributed by atoms with Gasteiger partial charge in [0.05, 0.1) is 14.2 Å². The van der Waals surface area contributed by atoms with Crippen LogP contribution in [0.15, 0.2) is 40.8 Å². The monoisotopic (exact) mass is 345 g/mol. The molecule has 0 aliphatic rings. The highest BCUT2D eigenvalue weighted by Gasteiger charge is 2.18. The fraction of sp³-hybridized carbons (Fsp3) is 0.167. The molecule has 124 valence electrons. The summed E-state index contributed by atoms with van der Waals surface area (Å²) in [6.07, 6.45) is 0. The van der Waals surface area contributed by atoms with E-state index in [4.69, 9.17) is 25.5 Å². The maximum Gasteiger partial charge on any atom is 0.291 e. The number of halogens is 1. The molecule has 1 N–H and O–H groups in total. The molecule has 0 spiro atoms. The molecule has 0 aliphatic carbocycles. The Morgan fingerprint density at radius 1 is 1.08 bits per heavy atom. The van der Waals surface area contributed by atoms with Gasteiger partial charge >= 0.3 is 0 Å². The van der Waals surface area contributed by atoms with Gasteiger partial charge in [0.2, 0.25) is 0 Å². The van der Waals surface area contributed by atoms with Gasteiger partial charge in [-0.2, -0.15) is 0 Å². The minimum Gasteiger partial charge on any atom is -0.497 e. The van der Waals surface area contributed by atoms with Crippen molar-refractivity contribution in [3.8, 4) is 11.5 Å². The van der Waals surface area contributed by atoms with E-state index in [1.165, 1.54) is 0 Å². The van der Waals surface area contributed by atoms with E-state index in [2.05, 4.69) is 5.32 Å². The zero-order valence-electron chi connectivity index (χ0n) is 13.5. The van der Waals surface area contributed by atoms with Gasteiger partial charge in [-0.15, -0.1) is 0 Å². The molecular weight excluding hydrogens is 330 g/mol. The molecule has 6 heteroatoms. The average Bonchev–Trinajstić information content (AvgIpc) is 2.91. The zero-order chi connectivity index (χ0) is 17.3. The molecule has 0 saturated carbocycles. The molecule has 1 heterocycles. The third-order valence-electron chi connectivity index (χ3n) is 3.71. The van der Waals surface area contributed by atoms with Crippen LogP contribution in [-0.4, -0.2) is 20.1 Å². The van der Waals surface area contributed by atoms with E-state index in [0.29, 0.717) is 27.8 Å². The maximum atomic E-state index is 12.6. The van der Waals surface area contributed by atoms with Crippen molar-refractivity contribution < 1.29 is 18.7 Å². The minimum atomic E-state index is -0.352. The maximum absolute atomic E-state index is 12.6. The molecule has 1 aromatic heterocycles. The van der Waals surface area contributed by atoms with Crippen LogP contribution in [0.1, 0.15) is 16.1 Å². The second-order valence-electron chi connectivity index (χ2n) is 5.25. The molecule has 3 rings (SSSR count). The fourth-order valence-corrected chi connectivity index (χ4v) is 2.65. The van der Waals surface area contributed by atoms with Gasteiger partial charge in [-0.25, -0.2) is 0 Å². The minimum absolute atomic E-state index is 0.244. The van der Waals surface area contributed by atoms with Crippen molar-refractivity contribution in [1.29, 1.82) is 0 Å². The van der Waals surface area contributed by atoms with Gasteiger partial charge in [0.1, 0.15) is 17.1 Å². The lowest BCUT2D eigenvalue weighted by Crippen LogP contribution is -2.12. The highest BCUT2D eigenvalue weighted by Crippen LogP contribution is 2.30. The molecule has 0 aliphatic heterocycles. The van der Waals surface area contributed by atoms with E-state index in [1.54, 1.807) is 50.6 Å². The third-order valence-corrected chi connectivity index (χ3v) is 3.95. The summed E-state index contributed by atoms with van der Waals surface area (Å²) in [5.41, 5.74) is 1.90. The summed E-state index contributed by atoms with van der Waals surface area (Å²) < 4.78 is 16.1. The summed E-state index contributed by atoms with van der Waals surface area (Å²) in [7, 11) is 3.10. The zero-order valence-corrected chi connectivity index (χ0v) is 14.2. The fourth-order valence-electron chi connectivity index (χ4n) is 2.48. The number of aryl methyl sites for hydroxylation is 1. The van der Waals surface area contributed by atoms with Gasteiger partial charge in [-0.3, -0.25) is 4.79 Å². The predicted molar refractivity (Wildman–Crippen MR) is 93.5 cm³/mol. The summed E-state index contributed by atoms with van der Waals surface area (Å²) in [6.45, 7) is 1.82. The van der Waals surface area contributed by atoms with Crippen LogP contribution in [0.2, 0.25) is 5.02 Å². The number of rotatable bonds is 4. The molecule has 0 radical (unpaired) electrons. The summed E-state index contributed by atoms with van der Waals surface area (Å²) in [5, 5.41) is 4.21. The van der Waals surface area contributed by atoms with E-state index >= 15 is 0 Å². The van der Waals surface area contributed by atoms with Gasteiger partial charge in [0.25, 0.3) is 5.91 Å². The number of carbonyl (C=O) groups is 1. The Bertz CT molecular complexity index is 895. The van der Waals surface area contributed by atoms with E-state index < -0.39 is 0 Å². The average molecular weight is 346 g/mol. The number of methoxy groups -OCH3 is 2. The quantitative estimate of drug-likeness (QED) is 0.746. The standard InChI is InChI=1S/C18H16ClNO4/c1-10-15-6-11(19)4-5-16(15)24-17(10)18(21)20-12-7-13(22-2)9-14(8-12)23-3/h4-9H,1-3H3,(H,20,21). The van der Waals surface area contributed by atoms with Crippen LogP contribution in [-0.2, 0) is 0 Å². The SMILES string of the molecule is COc1cc(NC(=O)c2oc3ccc(Cl)cc3c2C)cc(OC)c1. The molecule has 3 aromatic rings. The molecule has 0 bridgehead atoms. The summed E-state index contributed by atoms with van der Waals surface area (Å²) >= 11 is 6.01. The first kappa shape index (κ1) is 16.2. The highest BCUT2D eigenvalue weighted by molar-refractivity contribution is 6.31. The first-order chi connectivity index (χ1) is 11.5. The number of fused-ring (bicyclic) bond motifs is 1. The molecular formula is C18H16ClNO4. The van der Waals surface area contributed by atoms with Crippen LogP contribution in [0, 0.1) is 6.92 Å². The number of nitrogens with one attached hydrogen (secondary N) is 1. The first-order valence-electron chi connectivity index (χ1n) is 7.25. The highest BCUT2D eigenvalue weighted by atomic mass is 35.5. The number of furan rings is 1. The van der Waals surface area contributed by atoms with E-state index in [1.807, 2.05) is 6.92 Å². The first-order valence-corrected chi connectivity index (χ1v) is 7.62. The summed E-state index contributed by atoms with van der Waals surface area (Å²) in [6, 6.07) is 10.4. The van der Waals surface area contributed by atoms with Gasteiger partial charge in [-0.1, -0.05) is 11.6 Å². The Balaban J connectivity index is 1.94. The van der Waals surface area contributed by atoms with Crippen molar-refractivity contribution in [2.24, 2.45) is 0 Å². The van der Waals surface area contributed by atoms with Crippen molar-refractivity contribution in [3.05, 3.63) is 52.7 Å². The molecule has 0 atom stereocenters. The van der Waals surface area contributed by atoms with Crippen molar-refractivity contribution in [1.82, 2.24) is 0 Å². The van der Waals surface area contributed by atoms with Crippen molar-refractivity contribution >= 4 is 34.2 Å². The summed E-state index contributed by atoms with van der Waals surface area (Å²) in [4.78, 5) is 12.6. The number of ether oxygens (including phenoxy) is 2. The van der Waals surface area contributed by atoms with Crippen LogP contribution in [0.4, 0.5) is 5.69 Å². The molecule has 0 saturated heterocycles. The molecule has 2 aromatic carbocycles. The number of anilines is 1. The number of hydrogen-bond donors (Lipinski definition) is 1. The molecule has 24 heavy (non-hydrogen) atoms. The van der Waals surface area contributed by atoms with Crippen molar-refractivity contribution in [2.75, 3.05) is 19.5 Å². The van der Waals surface area contributed by atoms with Crippen LogP contribution >= 0.6 is 11.6 Å². The predicted octanol–water partition coefficient (Wildman–Crippen LogP) is 4.66. The lowest BCUT2D eigenvalue weighted by molar-refractivity contribution is 0.0998. The van der Waals surface area contributed by atoms with E-state index in [-0.39, 0.29) is 11.7 Å². The Morgan fingerprint density at radius 2 is 1.75 bits per heavy atom. The van der Waals surface area contributed by atoms with Gasteiger partial charge < -0.3 is 19.2 Å². The Morgan fingerprint density at radius 3 is 2.38 bits per heavy atom. The molecule has 1 amide bonds. The Kier molecular flexibility index (Phi) is 4.36.